The zero-order valence-electron chi connectivity index (χ0n) is 9.85. The van der Waals surface area contributed by atoms with E-state index in [1.807, 2.05) is 6.07 Å². The molecule has 2 bridgehead atoms. The summed E-state index contributed by atoms with van der Waals surface area (Å²) in [4.78, 5) is 4.65. The Morgan fingerprint density at radius 3 is 2.82 bits per heavy atom. The van der Waals surface area contributed by atoms with Crippen LogP contribution in [0.15, 0.2) is 12.1 Å². The first kappa shape index (κ1) is 11.2. The summed E-state index contributed by atoms with van der Waals surface area (Å²) in [5.74, 6) is 0.871. The van der Waals surface area contributed by atoms with E-state index in [1.54, 1.807) is 11.3 Å². The van der Waals surface area contributed by atoms with Gasteiger partial charge in [0.25, 0.3) is 0 Å². The molecule has 3 aliphatic heterocycles. The van der Waals surface area contributed by atoms with E-state index in [0.717, 1.165) is 17.3 Å². The third-order valence-corrected chi connectivity index (χ3v) is 4.96. The van der Waals surface area contributed by atoms with Crippen LogP contribution < -0.4 is 5.32 Å². The van der Waals surface area contributed by atoms with E-state index in [2.05, 4.69) is 22.4 Å². The summed E-state index contributed by atoms with van der Waals surface area (Å²) < 4.78 is 0. The molecular formula is C13H17N3S. The van der Waals surface area contributed by atoms with Crippen LogP contribution in [0.5, 0.6) is 0 Å². The highest BCUT2D eigenvalue weighted by Gasteiger charge is 2.33. The SMILES string of the molecule is N#Cc1ccc(CNC2CN3CCC2CC3)s1. The smallest absolute Gasteiger partial charge is 0.110 e. The largest absolute Gasteiger partial charge is 0.308 e. The van der Waals surface area contributed by atoms with Gasteiger partial charge in [0.05, 0.1) is 0 Å². The van der Waals surface area contributed by atoms with Gasteiger partial charge in [0.15, 0.2) is 0 Å². The molecule has 0 amide bonds. The topological polar surface area (TPSA) is 39.1 Å². The molecule has 0 saturated carbocycles. The highest BCUT2D eigenvalue weighted by molar-refractivity contribution is 7.12. The molecule has 3 saturated heterocycles. The van der Waals surface area contributed by atoms with Gasteiger partial charge in [-0.3, -0.25) is 0 Å². The molecule has 0 radical (unpaired) electrons. The van der Waals surface area contributed by atoms with E-state index in [-0.39, 0.29) is 0 Å². The Bertz CT molecular complexity index is 426. The second-order valence-corrected chi connectivity index (χ2v) is 6.17. The fourth-order valence-corrected chi connectivity index (χ4v) is 3.72. The van der Waals surface area contributed by atoms with Crippen molar-refractivity contribution in [2.45, 2.75) is 25.4 Å². The van der Waals surface area contributed by atoms with Gasteiger partial charge in [-0.2, -0.15) is 5.26 Å². The second kappa shape index (κ2) is 4.77. The number of thiophene rings is 1. The van der Waals surface area contributed by atoms with E-state index in [4.69, 9.17) is 5.26 Å². The van der Waals surface area contributed by atoms with Crippen LogP contribution in [0.1, 0.15) is 22.6 Å². The van der Waals surface area contributed by atoms with Crippen LogP contribution >= 0.6 is 11.3 Å². The lowest BCUT2D eigenvalue weighted by molar-refractivity contribution is 0.0721. The van der Waals surface area contributed by atoms with Gasteiger partial charge in [-0.15, -0.1) is 11.3 Å². The molecule has 4 rings (SSSR count). The van der Waals surface area contributed by atoms with Crippen LogP contribution in [0.3, 0.4) is 0 Å². The van der Waals surface area contributed by atoms with Gasteiger partial charge in [-0.1, -0.05) is 0 Å². The Morgan fingerprint density at radius 1 is 1.41 bits per heavy atom. The zero-order chi connectivity index (χ0) is 11.7. The fraction of sp³-hybridized carbons (Fsp3) is 0.615. The Morgan fingerprint density at radius 2 is 2.24 bits per heavy atom. The number of nitriles is 1. The van der Waals surface area contributed by atoms with Gasteiger partial charge in [0, 0.05) is 24.0 Å². The normalized spacial score (nSPS) is 31.4. The number of fused-ring (bicyclic) bond motifs is 3. The molecule has 1 aromatic heterocycles. The van der Waals surface area contributed by atoms with E-state index < -0.39 is 0 Å². The predicted molar refractivity (Wildman–Crippen MR) is 68.8 cm³/mol. The lowest BCUT2D eigenvalue weighted by Crippen LogP contribution is -2.55. The van der Waals surface area contributed by atoms with E-state index in [9.17, 15) is 0 Å². The molecule has 3 nitrogen and oxygen atoms in total. The average molecular weight is 247 g/mol. The molecule has 17 heavy (non-hydrogen) atoms. The molecule has 1 aromatic rings. The molecule has 0 aliphatic carbocycles. The quantitative estimate of drug-likeness (QED) is 0.885. The number of rotatable bonds is 3. The molecule has 3 aliphatic rings. The van der Waals surface area contributed by atoms with Crippen LogP contribution in [0.4, 0.5) is 0 Å². The van der Waals surface area contributed by atoms with Crippen molar-refractivity contribution < 1.29 is 0 Å². The van der Waals surface area contributed by atoms with Crippen molar-refractivity contribution in [1.82, 2.24) is 10.2 Å². The van der Waals surface area contributed by atoms with Crippen LogP contribution in [0, 0.1) is 17.2 Å². The lowest BCUT2D eigenvalue weighted by atomic mass is 9.84. The highest BCUT2D eigenvalue weighted by Crippen LogP contribution is 2.28. The number of nitrogens with zero attached hydrogens (tertiary/aromatic N) is 2. The van der Waals surface area contributed by atoms with E-state index in [1.165, 1.54) is 37.4 Å². The number of nitrogens with one attached hydrogen (secondary N) is 1. The summed E-state index contributed by atoms with van der Waals surface area (Å²) in [6.07, 6.45) is 2.71. The third kappa shape index (κ3) is 2.37. The van der Waals surface area contributed by atoms with Gasteiger partial charge in [-0.05, 0) is 44.0 Å². The van der Waals surface area contributed by atoms with Crippen molar-refractivity contribution >= 4 is 11.3 Å². The molecule has 90 valence electrons. The van der Waals surface area contributed by atoms with Gasteiger partial charge < -0.3 is 10.2 Å². The van der Waals surface area contributed by atoms with Crippen molar-refractivity contribution in [3.63, 3.8) is 0 Å². The van der Waals surface area contributed by atoms with Crippen molar-refractivity contribution in [3.05, 3.63) is 21.9 Å². The van der Waals surface area contributed by atoms with Gasteiger partial charge in [-0.25, -0.2) is 0 Å². The van der Waals surface area contributed by atoms with E-state index >= 15 is 0 Å². The lowest BCUT2D eigenvalue weighted by Gasteiger charge is -2.45. The minimum atomic E-state index is 0.658. The minimum Gasteiger partial charge on any atom is -0.308 e. The third-order valence-electron chi connectivity index (χ3n) is 3.97. The summed E-state index contributed by atoms with van der Waals surface area (Å²) >= 11 is 1.60. The second-order valence-electron chi connectivity index (χ2n) is 5.00. The highest BCUT2D eigenvalue weighted by atomic mass is 32.1. The summed E-state index contributed by atoms with van der Waals surface area (Å²) in [7, 11) is 0. The minimum absolute atomic E-state index is 0.658. The standard InChI is InChI=1S/C13H17N3S/c14-7-11-1-2-12(17-11)8-15-13-9-16-5-3-10(13)4-6-16/h1-2,10,13,15H,3-6,8-9H2. The average Bonchev–Trinajstić information content (AvgIpc) is 2.86. The number of hydrogen-bond acceptors (Lipinski definition) is 4. The van der Waals surface area contributed by atoms with Crippen LogP contribution in [0.25, 0.3) is 0 Å². The van der Waals surface area contributed by atoms with Gasteiger partial charge in [0.2, 0.25) is 0 Å². The first-order chi connectivity index (χ1) is 8.35. The maximum atomic E-state index is 8.79. The Kier molecular flexibility index (Phi) is 3.15. The maximum absolute atomic E-state index is 8.79. The summed E-state index contributed by atoms with van der Waals surface area (Å²) in [5, 5.41) is 12.5. The van der Waals surface area contributed by atoms with Crippen molar-refractivity contribution in [1.29, 1.82) is 5.26 Å². The monoisotopic (exact) mass is 247 g/mol. The van der Waals surface area contributed by atoms with Gasteiger partial charge in [0.1, 0.15) is 10.9 Å². The van der Waals surface area contributed by atoms with Crippen LogP contribution in [-0.4, -0.2) is 30.6 Å². The molecule has 1 N–H and O–H groups in total. The summed E-state index contributed by atoms with van der Waals surface area (Å²) in [6, 6.07) is 6.83. The first-order valence-corrected chi connectivity index (χ1v) is 7.11. The summed E-state index contributed by atoms with van der Waals surface area (Å²) in [5.41, 5.74) is 0. The van der Waals surface area contributed by atoms with E-state index in [0.29, 0.717) is 6.04 Å². The van der Waals surface area contributed by atoms with Crippen molar-refractivity contribution in [3.8, 4) is 6.07 Å². The van der Waals surface area contributed by atoms with Crippen LogP contribution in [-0.2, 0) is 6.54 Å². The predicted octanol–water partition coefficient (Wildman–Crippen LogP) is 1.80. The number of hydrogen-bond donors (Lipinski definition) is 1. The van der Waals surface area contributed by atoms with Crippen LogP contribution in [0.2, 0.25) is 0 Å². The van der Waals surface area contributed by atoms with Gasteiger partial charge >= 0.3 is 0 Å². The molecule has 1 unspecified atom stereocenters. The van der Waals surface area contributed by atoms with Crippen molar-refractivity contribution in [2.75, 3.05) is 19.6 Å². The molecule has 0 spiro atoms. The molecule has 4 heteroatoms. The molecular weight excluding hydrogens is 230 g/mol. The summed E-state index contributed by atoms with van der Waals surface area (Å²) in [6.45, 7) is 4.71. The number of piperidine rings is 3. The Hall–Kier alpha value is -0.890. The Balaban J connectivity index is 1.56. The molecule has 3 fully saturated rings. The maximum Gasteiger partial charge on any atom is 0.110 e. The first-order valence-electron chi connectivity index (χ1n) is 6.30. The fourth-order valence-electron chi connectivity index (χ4n) is 2.96. The molecule has 0 aromatic carbocycles. The zero-order valence-corrected chi connectivity index (χ0v) is 10.7. The molecule has 1 atom stereocenters. The molecule has 4 heterocycles. The Labute approximate surface area is 106 Å². The van der Waals surface area contributed by atoms with Crippen molar-refractivity contribution in [2.24, 2.45) is 5.92 Å².